The summed E-state index contributed by atoms with van der Waals surface area (Å²) < 4.78 is 4.53. The predicted octanol–water partition coefficient (Wildman–Crippen LogP) is 4.39. The second-order valence-electron chi connectivity index (χ2n) is 8.62. The molecule has 0 atom stereocenters. The van der Waals surface area contributed by atoms with E-state index in [1.807, 2.05) is 6.07 Å². The van der Waals surface area contributed by atoms with Crippen LogP contribution in [-0.4, -0.2) is 23.8 Å². The van der Waals surface area contributed by atoms with E-state index in [0.717, 1.165) is 18.5 Å². The van der Waals surface area contributed by atoms with Crippen molar-refractivity contribution in [2.24, 2.45) is 0 Å². The molecule has 0 unspecified atom stereocenters. The molecule has 0 bridgehead atoms. The molecule has 1 aliphatic rings. The summed E-state index contributed by atoms with van der Waals surface area (Å²) in [5, 5.41) is 11.6. The molecule has 0 saturated carbocycles. The lowest BCUT2D eigenvalue weighted by atomic mass is 9.63. The van der Waals surface area contributed by atoms with Gasteiger partial charge in [-0.05, 0) is 71.2 Å². The average Bonchev–Trinajstić information content (AvgIpc) is 2.66. The van der Waals surface area contributed by atoms with Crippen molar-refractivity contribution in [1.82, 2.24) is 0 Å². The van der Waals surface area contributed by atoms with E-state index < -0.39 is 12.8 Å². The van der Waals surface area contributed by atoms with Crippen LogP contribution < -0.4 is 5.32 Å². The second-order valence-corrected chi connectivity index (χ2v) is 8.62. The fourth-order valence-electron chi connectivity index (χ4n) is 3.77. The molecule has 0 aromatic heterocycles. The summed E-state index contributed by atoms with van der Waals surface area (Å²) in [4.78, 5) is 24.2. The largest absolute Gasteiger partial charge is 0.435 e. The van der Waals surface area contributed by atoms with Crippen LogP contribution in [-0.2, 0) is 15.6 Å². The molecule has 0 radical (unpaired) electrons. The van der Waals surface area contributed by atoms with Crippen LogP contribution in [0.4, 0.5) is 5.69 Å². The fraction of sp³-hybridized carbons (Fsp3) is 0.391. The molecule has 0 heterocycles. The number of aliphatic hydroxyl groups is 1. The van der Waals surface area contributed by atoms with Crippen LogP contribution in [0.25, 0.3) is 0 Å². The van der Waals surface area contributed by atoms with Crippen LogP contribution in [0.3, 0.4) is 0 Å². The number of ether oxygens (including phenoxy) is 1. The van der Waals surface area contributed by atoms with E-state index in [2.05, 4.69) is 49.9 Å². The standard InChI is InChI=1S/C23H27NO4/c1-22(2)11-12-23(3,4)19-13-17(9-10-18(19)22)24-20(26)15-5-7-16(8-6-15)21(27)28-14-25/h5-10,13,25H,11-12,14H2,1-4H3,(H,24,26). The van der Waals surface area contributed by atoms with Crippen LogP contribution in [0.1, 0.15) is 72.4 Å². The van der Waals surface area contributed by atoms with Gasteiger partial charge >= 0.3 is 5.97 Å². The van der Waals surface area contributed by atoms with Gasteiger partial charge in [0.2, 0.25) is 0 Å². The molecule has 0 aliphatic heterocycles. The molecule has 2 aromatic rings. The van der Waals surface area contributed by atoms with Gasteiger partial charge < -0.3 is 15.2 Å². The number of hydrogen-bond acceptors (Lipinski definition) is 4. The van der Waals surface area contributed by atoms with Gasteiger partial charge in [-0.2, -0.15) is 0 Å². The second kappa shape index (κ2) is 7.40. The summed E-state index contributed by atoms with van der Waals surface area (Å²) in [7, 11) is 0. The van der Waals surface area contributed by atoms with Crippen LogP contribution in [0, 0.1) is 0 Å². The maximum atomic E-state index is 12.6. The smallest absolute Gasteiger partial charge is 0.340 e. The molecule has 1 aliphatic carbocycles. The van der Waals surface area contributed by atoms with E-state index in [1.165, 1.54) is 23.3 Å². The third-order valence-corrected chi connectivity index (χ3v) is 5.69. The molecule has 0 saturated heterocycles. The third kappa shape index (κ3) is 3.94. The molecule has 28 heavy (non-hydrogen) atoms. The summed E-state index contributed by atoms with van der Waals surface area (Å²) >= 11 is 0. The fourth-order valence-corrected chi connectivity index (χ4v) is 3.77. The Morgan fingerprint density at radius 1 is 0.929 bits per heavy atom. The van der Waals surface area contributed by atoms with Gasteiger partial charge in [-0.15, -0.1) is 0 Å². The van der Waals surface area contributed by atoms with Gasteiger partial charge in [0.15, 0.2) is 6.79 Å². The zero-order chi connectivity index (χ0) is 20.5. The first-order valence-electron chi connectivity index (χ1n) is 9.48. The van der Waals surface area contributed by atoms with Crippen molar-refractivity contribution in [2.45, 2.75) is 51.4 Å². The quantitative estimate of drug-likeness (QED) is 0.608. The van der Waals surface area contributed by atoms with Gasteiger partial charge in [0.25, 0.3) is 5.91 Å². The van der Waals surface area contributed by atoms with Gasteiger partial charge in [-0.1, -0.05) is 33.8 Å². The topological polar surface area (TPSA) is 75.6 Å². The van der Waals surface area contributed by atoms with Crippen molar-refractivity contribution in [3.05, 3.63) is 64.7 Å². The summed E-state index contributed by atoms with van der Waals surface area (Å²) in [6, 6.07) is 12.3. The Kier molecular flexibility index (Phi) is 5.31. The minimum Gasteiger partial charge on any atom is -0.435 e. The number of nitrogens with one attached hydrogen (secondary N) is 1. The Bertz CT molecular complexity index is 897. The SMILES string of the molecule is CC1(C)CCC(C)(C)c2cc(NC(=O)c3ccc(C(=O)OCO)cc3)ccc21. The Hall–Kier alpha value is -2.66. The van der Waals surface area contributed by atoms with Gasteiger partial charge in [-0.25, -0.2) is 4.79 Å². The van der Waals surface area contributed by atoms with Crippen LogP contribution in [0.5, 0.6) is 0 Å². The highest BCUT2D eigenvalue weighted by molar-refractivity contribution is 6.04. The highest BCUT2D eigenvalue weighted by Gasteiger charge is 2.37. The van der Waals surface area contributed by atoms with Gasteiger partial charge in [-0.3, -0.25) is 4.79 Å². The number of fused-ring (bicyclic) bond motifs is 1. The molecule has 0 spiro atoms. The van der Waals surface area contributed by atoms with Gasteiger partial charge in [0, 0.05) is 11.3 Å². The van der Waals surface area contributed by atoms with E-state index in [9.17, 15) is 9.59 Å². The van der Waals surface area contributed by atoms with Crippen molar-refractivity contribution in [3.63, 3.8) is 0 Å². The Labute approximate surface area is 165 Å². The Morgan fingerprint density at radius 2 is 1.50 bits per heavy atom. The van der Waals surface area contributed by atoms with E-state index in [-0.39, 0.29) is 22.3 Å². The number of carbonyl (C=O) groups excluding carboxylic acids is 2. The van der Waals surface area contributed by atoms with E-state index in [4.69, 9.17) is 5.11 Å². The summed E-state index contributed by atoms with van der Waals surface area (Å²) in [5.41, 5.74) is 4.31. The monoisotopic (exact) mass is 381 g/mol. The summed E-state index contributed by atoms with van der Waals surface area (Å²) in [6.45, 7) is 8.35. The number of benzene rings is 2. The van der Waals surface area contributed by atoms with Crippen molar-refractivity contribution in [2.75, 3.05) is 12.1 Å². The Morgan fingerprint density at radius 3 is 2.11 bits per heavy atom. The molecule has 5 heteroatoms. The lowest BCUT2D eigenvalue weighted by Crippen LogP contribution is -2.33. The van der Waals surface area contributed by atoms with Crippen molar-refractivity contribution >= 4 is 17.6 Å². The zero-order valence-electron chi connectivity index (χ0n) is 16.8. The van der Waals surface area contributed by atoms with Crippen LogP contribution in [0.2, 0.25) is 0 Å². The van der Waals surface area contributed by atoms with E-state index in [0.29, 0.717) is 5.56 Å². The number of rotatable bonds is 4. The maximum Gasteiger partial charge on any atom is 0.340 e. The molecule has 1 amide bonds. The first-order valence-corrected chi connectivity index (χ1v) is 9.48. The molecule has 0 fully saturated rings. The number of amides is 1. The minimum atomic E-state index is -0.674. The van der Waals surface area contributed by atoms with E-state index >= 15 is 0 Å². The third-order valence-electron chi connectivity index (χ3n) is 5.69. The van der Waals surface area contributed by atoms with Gasteiger partial charge in [0.1, 0.15) is 0 Å². The van der Waals surface area contributed by atoms with Crippen LogP contribution in [0.15, 0.2) is 42.5 Å². The first kappa shape index (κ1) is 20.1. The average molecular weight is 381 g/mol. The summed E-state index contributed by atoms with van der Waals surface area (Å²) in [6.07, 6.45) is 2.25. The van der Waals surface area contributed by atoms with Crippen molar-refractivity contribution in [3.8, 4) is 0 Å². The Balaban J connectivity index is 1.81. The van der Waals surface area contributed by atoms with Gasteiger partial charge in [0.05, 0.1) is 5.56 Å². The lowest BCUT2D eigenvalue weighted by Gasteiger charge is -2.42. The molecule has 5 nitrogen and oxygen atoms in total. The minimum absolute atomic E-state index is 0.0697. The highest BCUT2D eigenvalue weighted by atomic mass is 16.6. The zero-order valence-corrected chi connectivity index (χ0v) is 16.8. The molecular formula is C23H27NO4. The molecule has 2 aromatic carbocycles. The first-order chi connectivity index (χ1) is 13.1. The highest BCUT2D eigenvalue weighted by Crippen LogP contribution is 2.46. The normalized spacial score (nSPS) is 16.8. The molecular weight excluding hydrogens is 354 g/mol. The number of carbonyl (C=O) groups is 2. The number of hydrogen-bond donors (Lipinski definition) is 2. The predicted molar refractivity (Wildman–Crippen MR) is 109 cm³/mol. The number of esters is 1. The maximum absolute atomic E-state index is 12.6. The lowest BCUT2D eigenvalue weighted by molar-refractivity contribution is 0.00682. The molecule has 3 rings (SSSR count). The number of aliphatic hydroxyl groups excluding tert-OH is 1. The molecule has 148 valence electrons. The van der Waals surface area contributed by atoms with Crippen LogP contribution >= 0.6 is 0 Å². The van der Waals surface area contributed by atoms with Crippen molar-refractivity contribution in [1.29, 1.82) is 0 Å². The molecule has 2 N–H and O–H groups in total. The number of anilines is 1. The van der Waals surface area contributed by atoms with E-state index in [1.54, 1.807) is 12.1 Å². The van der Waals surface area contributed by atoms with Crippen molar-refractivity contribution < 1.29 is 19.4 Å². The summed E-state index contributed by atoms with van der Waals surface area (Å²) in [5.74, 6) is -0.871.